The predicted molar refractivity (Wildman–Crippen MR) is 84.6 cm³/mol. The number of nitrogens with zero attached hydrogens (tertiary/aromatic N) is 2. The number of rotatable bonds is 3. The molecule has 20 heavy (non-hydrogen) atoms. The van der Waals surface area contributed by atoms with Crippen molar-refractivity contribution < 1.29 is 0 Å². The van der Waals surface area contributed by atoms with Crippen LogP contribution in [0.2, 0.25) is 5.02 Å². The summed E-state index contributed by atoms with van der Waals surface area (Å²) in [6.45, 7) is 2.68. The molecule has 1 aromatic heterocycles. The predicted octanol–water partition coefficient (Wildman–Crippen LogP) is 5.04. The van der Waals surface area contributed by atoms with Crippen molar-refractivity contribution in [3.05, 3.63) is 64.9 Å². The zero-order valence-corrected chi connectivity index (χ0v) is 12.6. The maximum Gasteiger partial charge on any atom is 0.128 e. The van der Waals surface area contributed by atoms with Crippen LogP contribution in [0.4, 0.5) is 0 Å². The molecule has 0 saturated carbocycles. The highest BCUT2D eigenvalue weighted by Gasteiger charge is 2.15. The van der Waals surface area contributed by atoms with Gasteiger partial charge in [0, 0.05) is 11.6 Å². The maximum absolute atomic E-state index is 6.27. The number of fused-ring (bicyclic) bond motifs is 1. The van der Waals surface area contributed by atoms with Crippen LogP contribution in [0.3, 0.4) is 0 Å². The van der Waals surface area contributed by atoms with Gasteiger partial charge in [0.1, 0.15) is 5.82 Å². The molecular formula is C16H14Cl2N2. The highest BCUT2D eigenvalue weighted by molar-refractivity contribution is 6.31. The molecule has 0 N–H and O–H groups in total. The molecule has 4 heteroatoms. The van der Waals surface area contributed by atoms with E-state index >= 15 is 0 Å². The summed E-state index contributed by atoms with van der Waals surface area (Å²) in [5.41, 5.74) is 3.15. The van der Waals surface area contributed by atoms with E-state index in [2.05, 4.69) is 21.7 Å². The van der Waals surface area contributed by atoms with Gasteiger partial charge in [0.15, 0.2) is 0 Å². The largest absolute Gasteiger partial charge is 0.322 e. The summed E-state index contributed by atoms with van der Waals surface area (Å²) >= 11 is 12.4. The number of benzene rings is 2. The lowest BCUT2D eigenvalue weighted by molar-refractivity contribution is 0.742. The average Bonchev–Trinajstić information content (AvgIpc) is 2.78. The molecular weight excluding hydrogens is 291 g/mol. The van der Waals surface area contributed by atoms with Gasteiger partial charge in [-0.25, -0.2) is 4.98 Å². The number of hydrogen-bond donors (Lipinski definition) is 0. The third-order valence-corrected chi connectivity index (χ3v) is 3.71. The van der Waals surface area contributed by atoms with Crippen LogP contribution in [-0.4, -0.2) is 9.55 Å². The Morgan fingerprint density at radius 1 is 1.15 bits per heavy atom. The Bertz CT molecular complexity index is 733. The van der Waals surface area contributed by atoms with E-state index < -0.39 is 0 Å². The molecule has 0 bridgehead atoms. The molecule has 2 aromatic carbocycles. The number of alkyl halides is 1. The summed E-state index contributed by atoms with van der Waals surface area (Å²) in [6, 6.07) is 16.0. The minimum absolute atomic E-state index is 0.148. The monoisotopic (exact) mass is 304 g/mol. The Balaban J connectivity index is 2.15. The fourth-order valence-corrected chi connectivity index (χ4v) is 2.68. The van der Waals surface area contributed by atoms with E-state index in [-0.39, 0.29) is 5.38 Å². The molecule has 3 aromatic rings. The molecule has 0 aliphatic carbocycles. The number of imidazole rings is 1. The second kappa shape index (κ2) is 5.47. The highest BCUT2D eigenvalue weighted by atomic mass is 35.5. The molecule has 0 fully saturated rings. The van der Waals surface area contributed by atoms with Crippen LogP contribution in [0.15, 0.2) is 48.5 Å². The molecule has 0 aliphatic rings. The van der Waals surface area contributed by atoms with E-state index in [9.17, 15) is 0 Å². The first-order chi connectivity index (χ1) is 9.65. The Labute approximate surface area is 128 Å². The lowest BCUT2D eigenvalue weighted by atomic mass is 10.2. The Hall–Kier alpha value is -1.51. The molecule has 0 saturated heterocycles. The first-order valence-electron chi connectivity index (χ1n) is 6.49. The summed E-state index contributed by atoms with van der Waals surface area (Å²) in [4.78, 5) is 4.62. The summed E-state index contributed by atoms with van der Waals surface area (Å²) in [5.74, 6) is 0.868. The molecule has 3 rings (SSSR count). The van der Waals surface area contributed by atoms with Crippen molar-refractivity contribution >= 4 is 34.2 Å². The third-order valence-electron chi connectivity index (χ3n) is 3.28. The van der Waals surface area contributed by atoms with Gasteiger partial charge < -0.3 is 4.57 Å². The third kappa shape index (κ3) is 2.54. The average molecular weight is 305 g/mol. The minimum Gasteiger partial charge on any atom is -0.322 e. The maximum atomic E-state index is 6.27. The van der Waals surface area contributed by atoms with Gasteiger partial charge in [0.05, 0.1) is 16.4 Å². The number of hydrogen-bond acceptors (Lipinski definition) is 1. The Morgan fingerprint density at radius 3 is 2.60 bits per heavy atom. The molecule has 0 spiro atoms. The van der Waals surface area contributed by atoms with Gasteiger partial charge >= 0.3 is 0 Å². The zero-order chi connectivity index (χ0) is 14.1. The SMILES string of the molecule is CC(Cl)c1nc2ccc(Cl)cc2n1Cc1ccccc1. The molecule has 1 atom stereocenters. The van der Waals surface area contributed by atoms with Gasteiger partial charge in [-0.2, -0.15) is 0 Å². The number of halogens is 2. The van der Waals surface area contributed by atoms with E-state index in [1.165, 1.54) is 5.56 Å². The smallest absolute Gasteiger partial charge is 0.128 e. The fourth-order valence-electron chi connectivity index (χ4n) is 2.35. The highest BCUT2D eigenvalue weighted by Crippen LogP contribution is 2.27. The fraction of sp³-hybridized carbons (Fsp3) is 0.188. The topological polar surface area (TPSA) is 17.8 Å². The molecule has 0 aliphatic heterocycles. The van der Waals surface area contributed by atoms with Crippen molar-refractivity contribution in [2.75, 3.05) is 0 Å². The van der Waals surface area contributed by atoms with E-state index in [4.69, 9.17) is 23.2 Å². The van der Waals surface area contributed by atoms with Crippen LogP contribution in [0.1, 0.15) is 23.7 Å². The zero-order valence-electron chi connectivity index (χ0n) is 11.1. The van der Waals surface area contributed by atoms with Gasteiger partial charge in [0.2, 0.25) is 0 Å². The quantitative estimate of drug-likeness (QED) is 0.620. The van der Waals surface area contributed by atoms with Gasteiger partial charge in [-0.3, -0.25) is 0 Å². The van der Waals surface area contributed by atoms with Crippen LogP contribution >= 0.6 is 23.2 Å². The summed E-state index contributed by atoms with van der Waals surface area (Å²) in [6.07, 6.45) is 0. The lowest BCUT2D eigenvalue weighted by Crippen LogP contribution is -2.05. The molecule has 0 radical (unpaired) electrons. The Morgan fingerprint density at radius 2 is 1.90 bits per heavy atom. The normalized spacial score (nSPS) is 12.8. The van der Waals surface area contributed by atoms with Crippen molar-refractivity contribution in [3.8, 4) is 0 Å². The first kappa shape index (κ1) is 13.5. The van der Waals surface area contributed by atoms with Crippen LogP contribution < -0.4 is 0 Å². The summed E-state index contributed by atoms with van der Waals surface area (Å²) in [7, 11) is 0. The van der Waals surface area contributed by atoms with E-state index in [1.54, 1.807) is 0 Å². The molecule has 102 valence electrons. The summed E-state index contributed by atoms with van der Waals surface area (Å²) < 4.78 is 2.13. The van der Waals surface area contributed by atoms with E-state index in [0.717, 1.165) is 23.4 Å². The van der Waals surface area contributed by atoms with Crippen LogP contribution in [0.25, 0.3) is 11.0 Å². The standard InChI is InChI=1S/C16H14Cl2N2/c1-11(17)16-19-14-8-7-13(18)9-15(14)20(16)10-12-5-3-2-4-6-12/h2-9,11H,10H2,1H3. The van der Waals surface area contributed by atoms with Crippen molar-refractivity contribution in [2.45, 2.75) is 18.8 Å². The lowest BCUT2D eigenvalue weighted by Gasteiger charge is -2.10. The van der Waals surface area contributed by atoms with Gasteiger partial charge in [-0.1, -0.05) is 41.9 Å². The van der Waals surface area contributed by atoms with Gasteiger partial charge in [-0.05, 0) is 30.7 Å². The van der Waals surface area contributed by atoms with Crippen LogP contribution in [0, 0.1) is 0 Å². The van der Waals surface area contributed by atoms with E-state index in [0.29, 0.717) is 5.02 Å². The first-order valence-corrected chi connectivity index (χ1v) is 7.30. The molecule has 1 unspecified atom stereocenters. The van der Waals surface area contributed by atoms with Crippen LogP contribution in [0.5, 0.6) is 0 Å². The van der Waals surface area contributed by atoms with Crippen molar-refractivity contribution in [1.29, 1.82) is 0 Å². The van der Waals surface area contributed by atoms with Crippen LogP contribution in [-0.2, 0) is 6.54 Å². The number of aromatic nitrogens is 2. The molecule has 1 heterocycles. The second-order valence-electron chi connectivity index (χ2n) is 4.79. The molecule has 2 nitrogen and oxygen atoms in total. The van der Waals surface area contributed by atoms with Gasteiger partial charge in [-0.15, -0.1) is 11.6 Å². The second-order valence-corrected chi connectivity index (χ2v) is 5.88. The molecule has 0 amide bonds. The van der Waals surface area contributed by atoms with Crippen molar-refractivity contribution in [1.82, 2.24) is 9.55 Å². The van der Waals surface area contributed by atoms with E-state index in [1.807, 2.05) is 43.3 Å². The Kier molecular flexibility index (Phi) is 3.68. The minimum atomic E-state index is -0.148. The van der Waals surface area contributed by atoms with Crippen molar-refractivity contribution in [3.63, 3.8) is 0 Å². The van der Waals surface area contributed by atoms with Crippen molar-refractivity contribution in [2.24, 2.45) is 0 Å². The van der Waals surface area contributed by atoms with Gasteiger partial charge in [0.25, 0.3) is 0 Å². The summed E-state index contributed by atoms with van der Waals surface area (Å²) in [5, 5.41) is 0.561.